The molecule has 1 aliphatic heterocycles. The van der Waals surface area contributed by atoms with Gasteiger partial charge in [-0.2, -0.15) is 5.10 Å². The predicted molar refractivity (Wildman–Crippen MR) is 50.7 cm³/mol. The van der Waals surface area contributed by atoms with Gasteiger partial charge in [-0.25, -0.2) is 0 Å². The Labute approximate surface area is 72.2 Å². The molecule has 0 amide bonds. The molecule has 62 valence electrons. The highest BCUT2D eigenvalue weighted by Crippen LogP contribution is 2.13. The van der Waals surface area contributed by atoms with Crippen LogP contribution in [0.1, 0.15) is 27.2 Å². The predicted octanol–water partition coefficient (Wildman–Crippen LogP) is 1.01. The summed E-state index contributed by atoms with van der Waals surface area (Å²) in [5.74, 6) is 0. The summed E-state index contributed by atoms with van der Waals surface area (Å²) in [7, 11) is 0. The van der Waals surface area contributed by atoms with Crippen LogP contribution in [-0.2, 0) is 0 Å². The number of thiocarbonyl (C=S) groups is 1. The molecule has 0 spiro atoms. The summed E-state index contributed by atoms with van der Waals surface area (Å²) in [6.07, 6.45) is 0.990. The number of nitrogens with one attached hydrogen (secondary N) is 2. The average Bonchev–Trinajstić information content (AvgIpc) is 1.98. The van der Waals surface area contributed by atoms with Crippen molar-refractivity contribution in [3.05, 3.63) is 0 Å². The van der Waals surface area contributed by atoms with Crippen LogP contribution in [0.5, 0.6) is 0 Å². The maximum Gasteiger partial charge on any atom is 0.187 e. The molecule has 0 bridgehead atoms. The van der Waals surface area contributed by atoms with E-state index in [0.29, 0.717) is 5.11 Å². The fourth-order valence-corrected chi connectivity index (χ4v) is 1.24. The van der Waals surface area contributed by atoms with Gasteiger partial charge in [0.25, 0.3) is 0 Å². The molecular weight excluding hydrogens is 158 g/mol. The van der Waals surface area contributed by atoms with Crippen molar-refractivity contribution in [2.24, 2.45) is 5.10 Å². The summed E-state index contributed by atoms with van der Waals surface area (Å²) < 4.78 is 0. The van der Waals surface area contributed by atoms with Crippen LogP contribution in [0.3, 0.4) is 0 Å². The Morgan fingerprint density at radius 1 is 1.64 bits per heavy atom. The van der Waals surface area contributed by atoms with E-state index in [9.17, 15) is 0 Å². The van der Waals surface area contributed by atoms with Gasteiger partial charge in [0.05, 0.1) is 11.3 Å². The molecule has 3 nitrogen and oxygen atoms in total. The van der Waals surface area contributed by atoms with Crippen LogP contribution in [0.25, 0.3) is 0 Å². The normalized spacial score (nSPS) is 30.5. The maximum atomic E-state index is 4.94. The molecular formula is C7H13N3S. The summed E-state index contributed by atoms with van der Waals surface area (Å²) >= 11 is 4.94. The van der Waals surface area contributed by atoms with Crippen LogP contribution in [0.4, 0.5) is 0 Å². The molecule has 0 aromatic heterocycles. The molecule has 1 aliphatic rings. The summed E-state index contributed by atoms with van der Waals surface area (Å²) in [5.41, 5.74) is 3.73. The molecule has 0 saturated heterocycles. The average molecular weight is 171 g/mol. The van der Waals surface area contributed by atoms with Gasteiger partial charge in [0.15, 0.2) is 5.11 Å². The third kappa shape index (κ3) is 1.50. The van der Waals surface area contributed by atoms with Crippen molar-refractivity contribution in [2.45, 2.75) is 32.7 Å². The second-order valence-electron chi connectivity index (χ2n) is 2.95. The number of rotatable bonds is 1. The van der Waals surface area contributed by atoms with Crippen LogP contribution >= 0.6 is 12.2 Å². The first-order valence-corrected chi connectivity index (χ1v) is 4.12. The van der Waals surface area contributed by atoms with Gasteiger partial charge < -0.3 is 5.32 Å². The SMILES string of the molecule is CCC1(C)NC(=S)NN=C1C. The molecule has 1 rings (SSSR count). The minimum atomic E-state index is -0.0532. The van der Waals surface area contributed by atoms with Crippen molar-refractivity contribution in [1.29, 1.82) is 0 Å². The zero-order valence-corrected chi connectivity index (χ0v) is 7.88. The largest absolute Gasteiger partial charge is 0.351 e. The van der Waals surface area contributed by atoms with Gasteiger partial charge >= 0.3 is 0 Å². The standard InChI is InChI=1S/C7H13N3S/c1-4-7(3)5(2)9-10-6(11)8-7/h4H2,1-3H3,(H2,8,10,11). The molecule has 2 N–H and O–H groups in total. The third-order valence-electron chi connectivity index (χ3n) is 2.22. The number of hydrogen-bond acceptors (Lipinski definition) is 2. The minimum absolute atomic E-state index is 0.0532. The Bertz CT molecular complexity index is 212. The summed E-state index contributed by atoms with van der Waals surface area (Å²) in [6.45, 7) is 6.20. The Morgan fingerprint density at radius 3 is 2.73 bits per heavy atom. The van der Waals surface area contributed by atoms with E-state index in [1.165, 1.54) is 0 Å². The fourth-order valence-electron chi connectivity index (χ4n) is 0.971. The Kier molecular flexibility index (Phi) is 2.13. The molecule has 0 saturated carbocycles. The summed E-state index contributed by atoms with van der Waals surface area (Å²) in [4.78, 5) is 0. The van der Waals surface area contributed by atoms with Gasteiger partial charge in [-0.15, -0.1) is 0 Å². The molecule has 0 aromatic rings. The quantitative estimate of drug-likeness (QED) is 0.578. The van der Waals surface area contributed by atoms with Crippen LogP contribution in [0.2, 0.25) is 0 Å². The Hall–Kier alpha value is -0.640. The molecule has 11 heavy (non-hydrogen) atoms. The fraction of sp³-hybridized carbons (Fsp3) is 0.714. The lowest BCUT2D eigenvalue weighted by molar-refractivity contribution is 0.514. The Morgan fingerprint density at radius 2 is 2.27 bits per heavy atom. The lowest BCUT2D eigenvalue weighted by atomic mass is 9.93. The van der Waals surface area contributed by atoms with Gasteiger partial charge in [-0.1, -0.05) is 6.92 Å². The first-order chi connectivity index (χ1) is 5.08. The van der Waals surface area contributed by atoms with Gasteiger partial charge in [0, 0.05) is 0 Å². The van der Waals surface area contributed by atoms with Gasteiger partial charge in [0.2, 0.25) is 0 Å². The molecule has 0 aromatic carbocycles. The molecule has 0 radical (unpaired) electrons. The van der Waals surface area contributed by atoms with Crippen LogP contribution in [0, 0.1) is 0 Å². The number of hydrogen-bond donors (Lipinski definition) is 2. The van der Waals surface area contributed by atoms with E-state index in [4.69, 9.17) is 12.2 Å². The monoisotopic (exact) mass is 171 g/mol. The first kappa shape index (κ1) is 8.46. The van der Waals surface area contributed by atoms with E-state index in [1.54, 1.807) is 0 Å². The van der Waals surface area contributed by atoms with E-state index >= 15 is 0 Å². The van der Waals surface area contributed by atoms with Crippen LogP contribution in [0.15, 0.2) is 5.10 Å². The maximum absolute atomic E-state index is 4.94. The number of nitrogens with zero attached hydrogens (tertiary/aromatic N) is 1. The van der Waals surface area contributed by atoms with Gasteiger partial charge in [-0.3, -0.25) is 5.43 Å². The second-order valence-corrected chi connectivity index (χ2v) is 3.36. The van der Waals surface area contributed by atoms with E-state index < -0.39 is 0 Å². The van der Waals surface area contributed by atoms with Crippen molar-refractivity contribution < 1.29 is 0 Å². The first-order valence-electron chi connectivity index (χ1n) is 3.71. The van der Waals surface area contributed by atoms with Gasteiger partial charge in [0.1, 0.15) is 0 Å². The second kappa shape index (κ2) is 2.77. The lowest BCUT2D eigenvalue weighted by Gasteiger charge is -2.33. The molecule has 1 heterocycles. The summed E-state index contributed by atoms with van der Waals surface area (Å²) in [5, 5.41) is 7.89. The van der Waals surface area contributed by atoms with Crippen LogP contribution < -0.4 is 10.7 Å². The summed E-state index contributed by atoms with van der Waals surface area (Å²) in [6, 6.07) is 0. The topological polar surface area (TPSA) is 36.4 Å². The zero-order valence-electron chi connectivity index (χ0n) is 7.06. The minimum Gasteiger partial charge on any atom is -0.351 e. The highest BCUT2D eigenvalue weighted by Gasteiger charge is 2.29. The third-order valence-corrected chi connectivity index (χ3v) is 2.41. The van der Waals surface area contributed by atoms with E-state index in [-0.39, 0.29) is 5.54 Å². The molecule has 1 unspecified atom stereocenters. The van der Waals surface area contributed by atoms with Crippen molar-refractivity contribution in [2.75, 3.05) is 0 Å². The van der Waals surface area contributed by atoms with Crippen LogP contribution in [-0.4, -0.2) is 16.4 Å². The highest BCUT2D eigenvalue weighted by molar-refractivity contribution is 7.80. The van der Waals surface area contributed by atoms with Crippen molar-refractivity contribution in [3.8, 4) is 0 Å². The molecule has 0 aliphatic carbocycles. The van der Waals surface area contributed by atoms with Gasteiger partial charge in [-0.05, 0) is 32.5 Å². The molecule has 0 fully saturated rings. The van der Waals surface area contributed by atoms with E-state index in [1.807, 2.05) is 6.92 Å². The van der Waals surface area contributed by atoms with Crippen molar-refractivity contribution in [1.82, 2.24) is 10.7 Å². The van der Waals surface area contributed by atoms with E-state index in [0.717, 1.165) is 12.1 Å². The molecule has 4 heteroatoms. The zero-order chi connectivity index (χ0) is 8.48. The molecule has 1 atom stereocenters. The Balaban J connectivity index is 2.87. The van der Waals surface area contributed by atoms with Crippen molar-refractivity contribution >= 4 is 23.0 Å². The van der Waals surface area contributed by atoms with Crippen molar-refractivity contribution in [3.63, 3.8) is 0 Å². The smallest absolute Gasteiger partial charge is 0.187 e. The van der Waals surface area contributed by atoms with E-state index in [2.05, 4.69) is 29.7 Å². The highest BCUT2D eigenvalue weighted by atomic mass is 32.1. The lowest BCUT2D eigenvalue weighted by Crippen LogP contribution is -2.57. The number of hydrazone groups is 1.